The van der Waals surface area contributed by atoms with E-state index in [1.807, 2.05) is 0 Å². The van der Waals surface area contributed by atoms with Gasteiger partial charge in [-0.05, 0) is 31.9 Å². The van der Waals surface area contributed by atoms with Gasteiger partial charge in [-0.1, -0.05) is 5.92 Å². The Bertz CT molecular complexity index is 598. The van der Waals surface area contributed by atoms with Gasteiger partial charge < -0.3 is 20.1 Å². The van der Waals surface area contributed by atoms with Crippen molar-refractivity contribution in [2.45, 2.75) is 25.9 Å². The molecule has 1 aromatic carbocycles. The number of aliphatic hydroxyl groups is 1. The minimum absolute atomic E-state index is 0.0138. The molecule has 1 fully saturated rings. The van der Waals surface area contributed by atoms with Gasteiger partial charge in [-0.25, -0.2) is 9.18 Å². The molecule has 2 atom stereocenters. The van der Waals surface area contributed by atoms with Crippen LogP contribution < -0.4 is 10.1 Å². The molecule has 2 N–H and O–H groups in total. The zero-order valence-electron chi connectivity index (χ0n) is 13.1. The summed E-state index contributed by atoms with van der Waals surface area (Å²) in [7, 11) is 0. The molecule has 2 rings (SSSR count). The molecule has 2 amide bonds. The van der Waals surface area contributed by atoms with Crippen LogP contribution in [-0.4, -0.2) is 41.8 Å². The molecule has 1 saturated heterocycles. The van der Waals surface area contributed by atoms with Gasteiger partial charge in [0.1, 0.15) is 18.2 Å². The number of rotatable bonds is 4. The lowest BCUT2D eigenvalue weighted by molar-refractivity contribution is 0.0766. The number of ether oxygens (including phenoxy) is 1. The van der Waals surface area contributed by atoms with Crippen molar-refractivity contribution in [3.8, 4) is 18.1 Å². The first kappa shape index (κ1) is 17.1. The Hall–Kier alpha value is -2.26. The van der Waals surface area contributed by atoms with Crippen LogP contribution in [0.3, 0.4) is 0 Å². The summed E-state index contributed by atoms with van der Waals surface area (Å²) in [6.45, 7) is 2.83. The molecule has 5 nitrogen and oxygen atoms in total. The molecule has 1 aromatic rings. The number of hydrogen-bond acceptors (Lipinski definition) is 3. The molecule has 2 unspecified atom stereocenters. The molecule has 1 aliphatic rings. The number of amides is 2. The van der Waals surface area contributed by atoms with Crippen molar-refractivity contribution < 1.29 is 19.0 Å². The van der Waals surface area contributed by atoms with E-state index in [-0.39, 0.29) is 24.3 Å². The molecule has 1 aliphatic heterocycles. The first-order chi connectivity index (χ1) is 11.0. The van der Waals surface area contributed by atoms with E-state index in [0.717, 1.165) is 12.8 Å². The number of likely N-dealkylation sites (tertiary alicyclic amines) is 1. The van der Waals surface area contributed by atoms with Crippen molar-refractivity contribution in [2.24, 2.45) is 5.92 Å². The largest absolute Gasteiger partial charge is 0.479 e. The number of benzene rings is 1. The molecule has 0 saturated carbocycles. The number of urea groups is 1. The number of anilines is 1. The Balaban J connectivity index is 2.06. The summed E-state index contributed by atoms with van der Waals surface area (Å²) in [5, 5.41) is 12.4. The molecular formula is C17H21FN2O3. The summed E-state index contributed by atoms with van der Waals surface area (Å²) >= 11 is 0. The van der Waals surface area contributed by atoms with Crippen molar-refractivity contribution in [1.29, 1.82) is 0 Å². The molecule has 0 radical (unpaired) electrons. The Morgan fingerprint density at radius 2 is 2.43 bits per heavy atom. The summed E-state index contributed by atoms with van der Waals surface area (Å²) in [6.07, 6.45) is 6.42. The Morgan fingerprint density at radius 1 is 1.65 bits per heavy atom. The Labute approximate surface area is 135 Å². The fourth-order valence-corrected chi connectivity index (χ4v) is 2.62. The molecule has 0 spiro atoms. The zero-order valence-corrected chi connectivity index (χ0v) is 13.1. The Kier molecular flexibility index (Phi) is 5.83. The van der Waals surface area contributed by atoms with Gasteiger partial charge in [-0.3, -0.25) is 0 Å². The second-order valence-corrected chi connectivity index (χ2v) is 5.65. The minimum atomic E-state index is -0.470. The van der Waals surface area contributed by atoms with E-state index < -0.39 is 11.9 Å². The van der Waals surface area contributed by atoms with Crippen LogP contribution in [-0.2, 0) is 0 Å². The number of carbonyl (C=O) groups excluding carboxylic acids is 1. The number of carbonyl (C=O) groups is 1. The molecule has 23 heavy (non-hydrogen) atoms. The summed E-state index contributed by atoms with van der Waals surface area (Å²) in [5.74, 6) is 2.10. The fraction of sp³-hybridized carbons (Fsp3) is 0.471. The highest BCUT2D eigenvalue weighted by atomic mass is 19.1. The first-order valence-corrected chi connectivity index (χ1v) is 7.61. The van der Waals surface area contributed by atoms with Gasteiger partial charge in [0.2, 0.25) is 0 Å². The third-order valence-electron chi connectivity index (χ3n) is 3.92. The summed E-state index contributed by atoms with van der Waals surface area (Å²) < 4.78 is 18.6. The summed E-state index contributed by atoms with van der Waals surface area (Å²) in [4.78, 5) is 14.0. The highest BCUT2D eigenvalue weighted by molar-refractivity contribution is 5.91. The van der Waals surface area contributed by atoms with Gasteiger partial charge in [0.15, 0.2) is 0 Å². The van der Waals surface area contributed by atoms with Crippen LogP contribution in [0, 0.1) is 24.1 Å². The molecule has 124 valence electrons. The van der Waals surface area contributed by atoms with Gasteiger partial charge >= 0.3 is 6.03 Å². The number of piperidine rings is 1. The number of nitrogens with one attached hydrogen (secondary N) is 1. The molecular weight excluding hydrogens is 299 g/mol. The van der Waals surface area contributed by atoms with Crippen LogP contribution >= 0.6 is 0 Å². The van der Waals surface area contributed by atoms with Crippen molar-refractivity contribution in [3.63, 3.8) is 0 Å². The highest BCUT2D eigenvalue weighted by Crippen LogP contribution is 2.27. The standard InChI is InChI=1S/C17H21FN2O3/c1-3-9-23-16-10-14(18)6-7-15(16)19-17(22)20-8-4-5-13(11-20)12(2)21/h1,6-7,10,12-13,21H,4-5,8-9,11H2,2H3,(H,19,22). The lowest BCUT2D eigenvalue weighted by Gasteiger charge is -2.34. The second-order valence-electron chi connectivity index (χ2n) is 5.65. The number of nitrogens with zero attached hydrogens (tertiary/aromatic N) is 1. The van der Waals surface area contributed by atoms with Crippen LogP contribution in [0.2, 0.25) is 0 Å². The fourth-order valence-electron chi connectivity index (χ4n) is 2.62. The van der Waals surface area contributed by atoms with E-state index in [2.05, 4.69) is 11.2 Å². The Morgan fingerprint density at radius 3 is 3.13 bits per heavy atom. The first-order valence-electron chi connectivity index (χ1n) is 7.61. The second kappa shape index (κ2) is 7.84. The van der Waals surface area contributed by atoms with Gasteiger partial charge in [0.05, 0.1) is 11.8 Å². The minimum Gasteiger partial charge on any atom is -0.479 e. The molecule has 1 heterocycles. The molecule has 6 heteroatoms. The van der Waals surface area contributed by atoms with Crippen molar-refractivity contribution in [1.82, 2.24) is 4.90 Å². The van der Waals surface area contributed by atoms with Gasteiger partial charge in [-0.15, -0.1) is 6.42 Å². The van der Waals surface area contributed by atoms with Crippen LogP contribution in [0.1, 0.15) is 19.8 Å². The van der Waals surface area contributed by atoms with Crippen LogP contribution in [0.5, 0.6) is 5.75 Å². The molecule has 0 aromatic heterocycles. The van der Waals surface area contributed by atoms with Crippen LogP contribution in [0.25, 0.3) is 0 Å². The van der Waals surface area contributed by atoms with E-state index in [9.17, 15) is 14.3 Å². The average molecular weight is 320 g/mol. The number of halogens is 1. The predicted octanol–water partition coefficient (Wildman–Crippen LogP) is 2.46. The van der Waals surface area contributed by atoms with Crippen LogP contribution in [0.4, 0.5) is 14.9 Å². The molecule has 0 aliphatic carbocycles. The van der Waals surface area contributed by atoms with E-state index in [0.29, 0.717) is 18.8 Å². The number of aliphatic hydroxyl groups excluding tert-OH is 1. The third-order valence-corrected chi connectivity index (χ3v) is 3.92. The van der Waals surface area contributed by atoms with Crippen molar-refractivity contribution in [2.75, 3.05) is 25.0 Å². The quantitative estimate of drug-likeness (QED) is 0.838. The smallest absolute Gasteiger partial charge is 0.321 e. The average Bonchev–Trinajstić information content (AvgIpc) is 2.55. The van der Waals surface area contributed by atoms with Gasteiger partial charge in [0.25, 0.3) is 0 Å². The van der Waals surface area contributed by atoms with Gasteiger partial charge in [-0.2, -0.15) is 0 Å². The number of terminal acetylenes is 1. The summed E-state index contributed by atoms with van der Waals surface area (Å²) in [5.41, 5.74) is 0.367. The highest BCUT2D eigenvalue weighted by Gasteiger charge is 2.26. The topological polar surface area (TPSA) is 61.8 Å². The third kappa shape index (κ3) is 4.60. The SMILES string of the molecule is C#CCOc1cc(F)ccc1NC(=O)N1CCCC(C(C)O)C1. The maximum absolute atomic E-state index is 13.3. The van der Waals surface area contributed by atoms with E-state index in [1.165, 1.54) is 18.2 Å². The normalized spacial score (nSPS) is 18.9. The lowest BCUT2D eigenvalue weighted by atomic mass is 9.94. The van der Waals surface area contributed by atoms with Crippen LogP contribution in [0.15, 0.2) is 18.2 Å². The number of hydrogen-bond donors (Lipinski definition) is 2. The van der Waals surface area contributed by atoms with E-state index in [1.54, 1.807) is 11.8 Å². The lowest BCUT2D eigenvalue weighted by Crippen LogP contribution is -2.44. The monoisotopic (exact) mass is 320 g/mol. The summed E-state index contributed by atoms with van der Waals surface area (Å²) in [6, 6.07) is 3.57. The maximum Gasteiger partial charge on any atom is 0.321 e. The van der Waals surface area contributed by atoms with E-state index in [4.69, 9.17) is 11.2 Å². The van der Waals surface area contributed by atoms with Gasteiger partial charge in [0, 0.05) is 25.1 Å². The molecule has 0 bridgehead atoms. The van der Waals surface area contributed by atoms with Crippen molar-refractivity contribution >= 4 is 11.7 Å². The van der Waals surface area contributed by atoms with E-state index >= 15 is 0 Å². The predicted molar refractivity (Wildman–Crippen MR) is 85.7 cm³/mol. The zero-order chi connectivity index (χ0) is 16.8. The van der Waals surface area contributed by atoms with Crippen molar-refractivity contribution in [3.05, 3.63) is 24.0 Å². The maximum atomic E-state index is 13.3.